The molecule has 0 fully saturated rings. The van der Waals surface area contributed by atoms with Gasteiger partial charge in [-0.15, -0.1) is 0 Å². The fraction of sp³-hybridized carbons (Fsp3) is 0.583. The highest BCUT2D eigenvalue weighted by Crippen LogP contribution is 2.18. The van der Waals surface area contributed by atoms with Gasteiger partial charge >= 0.3 is 0 Å². The quantitative estimate of drug-likeness (QED) is 0.804. The van der Waals surface area contributed by atoms with Crippen molar-refractivity contribution in [3.05, 3.63) is 30.1 Å². The van der Waals surface area contributed by atoms with Crippen molar-refractivity contribution in [3.63, 3.8) is 0 Å². The molecule has 1 rings (SSSR count). The second-order valence-corrected chi connectivity index (χ2v) is 4.11. The van der Waals surface area contributed by atoms with Gasteiger partial charge in [-0.25, -0.2) is 0 Å². The number of nitrogens with zero attached hydrogens (tertiary/aromatic N) is 1. The summed E-state index contributed by atoms with van der Waals surface area (Å²) in [5, 5.41) is 10.0. The van der Waals surface area contributed by atoms with E-state index in [1.165, 1.54) is 0 Å². The van der Waals surface area contributed by atoms with E-state index < -0.39 is 11.7 Å². The van der Waals surface area contributed by atoms with Gasteiger partial charge in [-0.3, -0.25) is 4.98 Å². The van der Waals surface area contributed by atoms with E-state index in [-0.39, 0.29) is 0 Å². The molecule has 0 aliphatic rings. The summed E-state index contributed by atoms with van der Waals surface area (Å²) < 4.78 is 5.50. The first-order valence-electron chi connectivity index (χ1n) is 5.27. The Kier molecular flexibility index (Phi) is 4.24. The van der Waals surface area contributed by atoms with Crippen LogP contribution in [0.2, 0.25) is 0 Å². The maximum Gasteiger partial charge on any atom is 0.0887 e. The number of hydrogen-bond acceptors (Lipinski definition) is 3. The van der Waals surface area contributed by atoms with Crippen LogP contribution >= 0.6 is 0 Å². The highest BCUT2D eigenvalue weighted by molar-refractivity contribution is 5.11. The molecule has 1 unspecified atom stereocenters. The summed E-state index contributed by atoms with van der Waals surface area (Å²) in [5.74, 6) is 0. The van der Waals surface area contributed by atoms with Crippen LogP contribution in [0.5, 0.6) is 0 Å². The predicted octanol–water partition coefficient (Wildman–Crippen LogP) is 1.80. The van der Waals surface area contributed by atoms with E-state index in [9.17, 15) is 5.11 Å². The molecule has 1 aromatic rings. The number of aromatic nitrogens is 1. The molecule has 15 heavy (non-hydrogen) atoms. The van der Waals surface area contributed by atoms with Gasteiger partial charge in [0, 0.05) is 25.4 Å². The molecule has 3 heteroatoms. The summed E-state index contributed by atoms with van der Waals surface area (Å²) in [6.45, 7) is 6.35. The summed E-state index contributed by atoms with van der Waals surface area (Å²) in [5.41, 5.74) is 0.572. The van der Waals surface area contributed by atoms with Gasteiger partial charge in [-0.2, -0.15) is 0 Å². The van der Waals surface area contributed by atoms with Crippen LogP contribution in [-0.4, -0.2) is 28.4 Å². The predicted molar refractivity (Wildman–Crippen MR) is 59.7 cm³/mol. The molecule has 1 atom stereocenters. The summed E-state index contributed by atoms with van der Waals surface area (Å²) in [6.07, 6.45) is 3.56. The molecule has 0 bridgehead atoms. The van der Waals surface area contributed by atoms with Gasteiger partial charge < -0.3 is 9.84 Å². The number of hydrogen-bond donors (Lipinski definition) is 1. The van der Waals surface area contributed by atoms with Crippen LogP contribution in [0.4, 0.5) is 0 Å². The third-order valence-corrected chi connectivity index (χ3v) is 2.50. The fourth-order valence-corrected chi connectivity index (χ4v) is 1.46. The Balaban J connectivity index is 2.59. The maximum atomic E-state index is 10.0. The molecule has 0 spiro atoms. The van der Waals surface area contributed by atoms with Crippen molar-refractivity contribution in [2.24, 2.45) is 0 Å². The zero-order valence-electron chi connectivity index (χ0n) is 9.60. The molecular weight excluding hydrogens is 190 g/mol. The molecule has 1 N–H and O–H groups in total. The number of aliphatic hydroxyl groups excluding tert-OH is 1. The Labute approximate surface area is 91.1 Å². The highest BCUT2D eigenvalue weighted by atomic mass is 16.5. The second-order valence-electron chi connectivity index (χ2n) is 4.11. The normalized spacial score (nSPS) is 13.9. The molecule has 0 saturated carbocycles. The first-order chi connectivity index (χ1) is 7.06. The fourth-order valence-electron chi connectivity index (χ4n) is 1.46. The monoisotopic (exact) mass is 209 g/mol. The SMILES string of the molecule is CCOC(C)(C)C(O)Cc1ccncc1. The molecule has 1 heterocycles. The topological polar surface area (TPSA) is 42.4 Å². The minimum Gasteiger partial charge on any atom is -0.390 e. The van der Waals surface area contributed by atoms with E-state index in [1.807, 2.05) is 32.9 Å². The van der Waals surface area contributed by atoms with Crippen LogP contribution in [0.1, 0.15) is 26.3 Å². The molecule has 0 radical (unpaired) electrons. The lowest BCUT2D eigenvalue weighted by atomic mass is 9.95. The van der Waals surface area contributed by atoms with Crippen LogP contribution < -0.4 is 0 Å². The Bertz CT molecular complexity index is 285. The third-order valence-electron chi connectivity index (χ3n) is 2.50. The van der Waals surface area contributed by atoms with Crippen LogP contribution in [-0.2, 0) is 11.2 Å². The Morgan fingerprint density at radius 3 is 2.53 bits per heavy atom. The van der Waals surface area contributed by atoms with Gasteiger partial charge in [0.15, 0.2) is 0 Å². The van der Waals surface area contributed by atoms with Gasteiger partial charge in [-0.05, 0) is 38.5 Å². The van der Waals surface area contributed by atoms with Gasteiger partial charge in [0.2, 0.25) is 0 Å². The van der Waals surface area contributed by atoms with Crippen molar-refractivity contribution in [3.8, 4) is 0 Å². The lowest BCUT2D eigenvalue weighted by Crippen LogP contribution is -2.40. The third kappa shape index (κ3) is 3.61. The van der Waals surface area contributed by atoms with Gasteiger partial charge in [0.05, 0.1) is 11.7 Å². The zero-order valence-corrected chi connectivity index (χ0v) is 9.60. The van der Waals surface area contributed by atoms with Gasteiger partial charge in [0.25, 0.3) is 0 Å². The molecule has 1 aromatic heterocycles. The smallest absolute Gasteiger partial charge is 0.0887 e. The highest BCUT2D eigenvalue weighted by Gasteiger charge is 2.28. The van der Waals surface area contributed by atoms with E-state index in [0.717, 1.165) is 5.56 Å². The average molecular weight is 209 g/mol. The lowest BCUT2D eigenvalue weighted by Gasteiger charge is -2.30. The first-order valence-corrected chi connectivity index (χ1v) is 5.27. The number of pyridine rings is 1. The molecule has 0 aliphatic carbocycles. The minimum absolute atomic E-state index is 0.500. The summed E-state index contributed by atoms with van der Waals surface area (Å²) >= 11 is 0. The van der Waals surface area contributed by atoms with E-state index in [2.05, 4.69) is 4.98 Å². The lowest BCUT2D eigenvalue weighted by molar-refractivity contribution is -0.0955. The van der Waals surface area contributed by atoms with E-state index in [0.29, 0.717) is 13.0 Å². The van der Waals surface area contributed by atoms with E-state index >= 15 is 0 Å². The van der Waals surface area contributed by atoms with Crippen molar-refractivity contribution in [2.75, 3.05) is 6.61 Å². The van der Waals surface area contributed by atoms with Crippen LogP contribution in [0, 0.1) is 0 Å². The number of ether oxygens (including phenoxy) is 1. The average Bonchev–Trinajstić information content (AvgIpc) is 2.19. The summed E-state index contributed by atoms with van der Waals surface area (Å²) in [4.78, 5) is 3.94. The Morgan fingerprint density at radius 2 is 2.00 bits per heavy atom. The van der Waals surface area contributed by atoms with Crippen molar-refractivity contribution in [2.45, 2.75) is 38.9 Å². The molecule has 84 valence electrons. The van der Waals surface area contributed by atoms with Crippen LogP contribution in [0.3, 0.4) is 0 Å². The van der Waals surface area contributed by atoms with E-state index in [4.69, 9.17) is 4.74 Å². The Morgan fingerprint density at radius 1 is 1.40 bits per heavy atom. The van der Waals surface area contributed by atoms with Crippen LogP contribution in [0.25, 0.3) is 0 Å². The number of rotatable bonds is 5. The summed E-state index contributed by atoms with van der Waals surface area (Å²) in [6, 6.07) is 3.82. The maximum absolute atomic E-state index is 10.0. The summed E-state index contributed by atoms with van der Waals surface area (Å²) in [7, 11) is 0. The molecule has 0 aliphatic heterocycles. The molecule has 3 nitrogen and oxygen atoms in total. The molecule has 0 amide bonds. The van der Waals surface area contributed by atoms with E-state index in [1.54, 1.807) is 12.4 Å². The Hall–Kier alpha value is -0.930. The zero-order chi connectivity index (χ0) is 11.3. The minimum atomic E-state index is -0.502. The molecular formula is C12H19NO2. The van der Waals surface area contributed by atoms with Gasteiger partial charge in [0.1, 0.15) is 0 Å². The van der Waals surface area contributed by atoms with Crippen molar-refractivity contribution < 1.29 is 9.84 Å². The molecule has 0 saturated heterocycles. The van der Waals surface area contributed by atoms with Crippen molar-refractivity contribution >= 4 is 0 Å². The second kappa shape index (κ2) is 5.24. The number of aliphatic hydroxyl groups is 1. The standard InChI is InChI=1S/C12H19NO2/c1-4-15-12(2,3)11(14)9-10-5-7-13-8-6-10/h5-8,11,14H,4,9H2,1-3H3. The largest absolute Gasteiger partial charge is 0.390 e. The van der Waals surface area contributed by atoms with Crippen LogP contribution in [0.15, 0.2) is 24.5 Å². The first kappa shape index (κ1) is 12.1. The van der Waals surface area contributed by atoms with Gasteiger partial charge in [-0.1, -0.05) is 0 Å². The van der Waals surface area contributed by atoms with Crippen molar-refractivity contribution in [1.29, 1.82) is 0 Å². The molecule has 0 aromatic carbocycles. The van der Waals surface area contributed by atoms with Crippen molar-refractivity contribution in [1.82, 2.24) is 4.98 Å².